The molecule has 0 aliphatic rings. The molecule has 2 heterocycles. The molecule has 0 saturated carbocycles. The Morgan fingerprint density at radius 3 is 2.51 bits per heavy atom. The van der Waals surface area contributed by atoms with E-state index in [1.54, 1.807) is 11.1 Å². The van der Waals surface area contributed by atoms with E-state index in [2.05, 4.69) is 47.0 Å². The van der Waals surface area contributed by atoms with E-state index in [1.165, 1.54) is 0 Å². The van der Waals surface area contributed by atoms with Gasteiger partial charge < -0.3 is 27.4 Å². The van der Waals surface area contributed by atoms with E-state index in [9.17, 15) is 9.59 Å². The molecule has 0 fully saturated rings. The van der Waals surface area contributed by atoms with Crippen molar-refractivity contribution in [3.63, 3.8) is 0 Å². The van der Waals surface area contributed by atoms with Crippen molar-refractivity contribution in [2.24, 2.45) is 11.5 Å². The maximum Gasteiger partial charge on any atom is 0.277 e. The zero-order chi connectivity index (χ0) is 25.5. The number of carbonyl (C=O) groups is 2. The van der Waals surface area contributed by atoms with Gasteiger partial charge in [-0.15, -0.1) is 0 Å². The number of amides is 2. The molecule has 1 aromatic carbocycles. The van der Waals surface area contributed by atoms with E-state index in [0.29, 0.717) is 55.0 Å². The minimum absolute atomic E-state index is 0.0955. The number of aromatic nitrogens is 4. The number of nitrogens with zero attached hydrogens (tertiary/aromatic N) is 5. The molecular weight excluding hydrogens is 561 g/mol. The highest BCUT2D eigenvalue weighted by Crippen LogP contribution is 2.19. The number of hydrogen-bond acceptors (Lipinski definition) is 7. The number of nitrogen functional groups attached to an aromatic ring is 1. The second-order valence-electron chi connectivity index (χ2n) is 7.89. The fraction of sp³-hybridized carbons (Fsp3) is 0.435. The number of halogens is 1. The number of rotatable bonds is 11. The third-order valence-electron chi connectivity index (χ3n) is 5.75. The maximum absolute atomic E-state index is 13.1. The van der Waals surface area contributed by atoms with Gasteiger partial charge >= 0.3 is 0 Å². The van der Waals surface area contributed by atoms with Crippen molar-refractivity contribution in [3.8, 4) is 0 Å². The molecule has 2 aromatic heterocycles. The standard InChI is InChI=1S/C23H32IN9O2/c1-3-32-17-6-5-15(23(35)31(9-7-25)10-8-26)11-18(17)33(4-2)19(32)14-29-22(34)20-21(27)28-13-16(12-24)30-20/h5-6,11,13H,3-4,7-10,12,14,25-26H2,1-2H3,(H2-,27,28,29,34)/p+1. The van der Waals surface area contributed by atoms with Crippen LogP contribution >= 0.6 is 22.6 Å². The van der Waals surface area contributed by atoms with Crippen LogP contribution in [0, 0.1) is 0 Å². The summed E-state index contributed by atoms with van der Waals surface area (Å²) in [5.41, 5.74) is 20.5. The second-order valence-corrected chi connectivity index (χ2v) is 8.65. The first kappa shape index (κ1) is 26.8. The molecule has 35 heavy (non-hydrogen) atoms. The lowest BCUT2D eigenvalue weighted by Crippen LogP contribution is -2.40. The summed E-state index contributed by atoms with van der Waals surface area (Å²) in [4.78, 5) is 36.1. The molecule has 0 radical (unpaired) electrons. The van der Waals surface area contributed by atoms with Crippen molar-refractivity contribution in [2.45, 2.75) is 37.9 Å². The largest absolute Gasteiger partial charge is 0.382 e. The van der Waals surface area contributed by atoms with Gasteiger partial charge in [0, 0.05) is 42.2 Å². The van der Waals surface area contributed by atoms with Gasteiger partial charge in [0.15, 0.2) is 22.5 Å². The van der Waals surface area contributed by atoms with Crippen LogP contribution in [0.2, 0.25) is 0 Å². The molecule has 0 spiro atoms. The number of nitrogens with two attached hydrogens (primary N) is 3. The molecule has 7 N–H and O–H groups in total. The van der Waals surface area contributed by atoms with Crippen molar-refractivity contribution in [2.75, 3.05) is 31.9 Å². The summed E-state index contributed by atoms with van der Waals surface area (Å²) >= 11 is 2.16. The Kier molecular flexibility index (Phi) is 9.34. The quantitative estimate of drug-likeness (QED) is 0.143. The van der Waals surface area contributed by atoms with E-state index >= 15 is 0 Å². The fourth-order valence-electron chi connectivity index (χ4n) is 4.14. The monoisotopic (exact) mass is 594 g/mol. The van der Waals surface area contributed by atoms with Crippen LogP contribution in [0.3, 0.4) is 0 Å². The molecule has 0 bridgehead atoms. The minimum atomic E-state index is -0.382. The highest BCUT2D eigenvalue weighted by molar-refractivity contribution is 14.1. The predicted octanol–water partition coefficient (Wildman–Crippen LogP) is 0.565. The molecule has 12 heteroatoms. The minimum Gasteiger partial charge on any atom is -0.382 e. The third kappa shape index (κ3) is 5.70. The summed E-state index contributed by atoms with van der Waals surface area (Å²) in [6, 6.07) is 5.66. The third-order valence-corrected chi connectivity index (χ3v) is 6.54. The van der Waals surface area contributed by atoms with Gasteiger partial charge in [-0.25, -0.2) is 19.1 Å². The van der Waals surface area contributed by atoms with E-state index in [0.717, 1.165) is 16.9 Å². The van der Waals surface area contributed by atoms with Gasteiger partial charge in [-0.3, -0.25) is 9.59 Å². The van der Waals surface area contributed by atoms with Crippen molar-refractivity contribution >= 4 is 51.3 Å². The number of fused-ring (bicyclic) bond motifs is 1. The lowest BCUT2D eigenvalue weighted by Gasteiger charge is -2.21. The van der Waals surface area contributed by atoms with Gasteiger partial charge in [-0.2, -0.15) is 0 Å². The molecule has 2 amide bonds. The zero-order valence-corrected chi connectivity index (χ0v) is 22.3. The van der Waals surface area contributed by atoms with E-state index in [-0.39, 0.29) is 29.9 Å². The number of aryl methyl sites for hydroxylation is 2. The Balaban J connectivity index is 1.95. The molecule has 0 aliphatic heterocycles. The van der Waals surface area contributed by atoms with Crippen LogP contribution in [-0.2, 0) is 24.1 Å². The summed E-state index contributed by atoms with van der Waals surface area (Å²) < 4.78 is 4.85. The number of anilines is 1. The first-order valence-electron chi connectivity index (χ1n) is 11.6. The topological polar surface area (TPSA) is 162 Å². The van der Waals surface area contributed by atoms with Crippen LogP contribution < -0.4 is 27.1 Å². The SMILES string of the molecule is CCn1c(CNC(=O)c2nc(CI)cnc2N)[n+](CC)c2ccc(C(=O)N(CCN)CCN)cc21. The smallest absolute Gasteiger partial charge is 0.277 e. The number of hydrogen-bond donors (Lipinski definition) is 4. The summed E-state index contributed by atoms with van der Waals surface area (Å²) in [5.74, 6) is 0.513. The van der Waals surface area contributed by atoms with Gasteiger partial charge in [0.2, 0.25) is 0 Å². The van der Waals surface area contributed by atoms with Crippen LogP contribution in [0.25, 0.3) is 11.0 Å². The second kappa shape index (κ2) is 12.2. The molecule has 3 aromatic rings. The molecular formula is C23H33IN9O2+. The Morgan fingerprint density at radius 1 is 1.20 bits per heavy atom. The molecule has 0 saturated heterocycles. The van der Waals surface area contributed by atoms with E-state index in [1.807, 2.05) is 32.0 Å². The summed E-state index contributed by atoms with van der Waals surface area (Å²) in [7, 11) is 0. The van der Waals surface area contributed by atoms with Gasteiger partial charge in [-0.1, -0.05) is 22.6 Å². The van der Waals surface area contributed by atoms with Crippen LogP contribution in [0.5, 0.6) is 0 Å². The van der Waals surface area contributed by atoms with E-state index in [4.69, 9.17) is 17.2 Å². The number of alkyl halides is 1. The Bertz CT molecular complexity index is 1210. The Labute approximate surface area is 218 Å². The number of benzene rings is 1. The van der Waals surface area contributed by atoms with Crippen LogP contribution in [0.1, 0.15) is 46.2 Å². The number of imidazole rings is 1. The lowest BCUT2D eigenvalue weighted by atomic mass is 10.1. The highest BCUT2D eigenvalue weighted by Gasteiger charge is 2.26. The molecule has 188 valence electrons. The van der Waals surface area contributed by atoms with Crippen molar-refractivity contribution in [1.29, 1.82) is 0 Å². The van der Waals surface area contributed by atoms with Crippen LogP contribution in [0.4, 0.5) is 5.82 Å². The molecule has 0 atom stereocenters. The first-order valence-corrected chi connectivity index (χ1v) is 13.1. The van der Waals surface area contributed by atoms with Crippen LogP contribution in [-0.4, -0.2) is 57.4 Å². The van der Waals surface area contributed by atoms with Gasteiger partial charge in [0.05, 0.1) is 25.0 Å². The lowest BCUT2D eigenvalue weighted by molar-refractivity contribution is -0.676. The molecule has 3 rings (SSSR count). The summed E-state index contributed by atoms with van der Waals surface area (Å²) in [6.07, 6.45) is 1.57. The molecule has 0 aliphatic carbocycles. The maximum atomic E-state index is 13.1. The fourth-order valence-corrected chi connectivity index (χ4v) is 4.51. The summed E-state index contributed by atoms with van der Waals surface area (Å²) in [6.45, 7) is 7.32. The molecule has 0 unspecified atom stereocenters. The Morgan fingerprint density at radius 2 is 1.91 bits per heavy atom. The van der Waals surface area contributed by atoms with Crippen molar-refractivity contribution in [1.82, 2.24) is 24.8 Å². The average Bonchev–Trinajstić information content (AvgIpc) is 3.18. The number of carbonyl (C=O) groups excluding carboxylic acids is 2. The van der Waals surface area contributed by atoms with E-state index < -0.39 is 0 Å². The summed E-state index contributed by atoms with van der Waals surface area (Å²) in [5, 5.41) is 2.94. The first-order chi connectivity index (χ1) is 16.9. The zero-order valence-electron chi connectivity index (χ0n) is 20.1. The van der Waals surface area contributed by atoms with Gasteiger partial charge in [-0.05, 0) is 26.0 Å². The number of nitrogens with one attached hydrogen (secondary N) is 1. The van der Waals surface area contributed by atoms with Gasteiger partial charge in [0.1, 0.15) is 6.54 Å². The highest BCUT2D eigenvalue weighted by atomic mass is 127. The molecule has 11 nitrogen and oxygen atoms in total. The van der Waals surface area contributed by atoms with Gasteiger partial charge in [0.25, 0.3) is 17.6 Å². The normalized spacial score (nSPS) is 11.1. The van der Waals surface area contributed by atoms with Crippen molar-refractivity contribution < 1.29 is 14.2 Å². The predicted molar refractivity (Wildman–Crippen MR) is 143 cm³/mol. The van der Waals surface area contributed by atoms with Crippen LogP contribution in [0.15, 0.2) is 24.4 Å². The average molecular weight is 594 g/mol. The van der Waals surface area contributed by atoms with Crippen molar-refractivity contribution in [3.05, 3.63) is 47.2 Å². The Hall–Kier alpha value is -2.84.